The first-order valence-corrected chi connectivity index (χ1v) is 9.17. The van der Waals surface area contributed by atoms with Gasteiger partial charge >= 0.3 is 11.8 Å². The third-order valence-corrected chi connectivity index (χ3v) is 5.02. The Morgan fingerprint density at radius 2 is 1.73 bits per heavy atom. The second-order valence-corrected chi connectivity index (χ2v) is 6.96. The first-order chi connectivity index (χ1) is 14.4. The maximum absolute atomic E-state index is 12.6. The van der Waals surface area contributed by atoms with Gasteiger partial charge in [0, 0.05) is 17.7 Å². The van der Waals surface area contributed by atoms with E-state index < -0.39 is 23.3 Å². The molecule has 4 rings (SSSR count). The lowest BCUT2D eigenvalue weighted by Crippen LogP contribution is -2.38. The minimum Gasteiger partial charge on any atom is -0.375 e. The Bertz CT molecular complexity index is 1220. The molecule has 1 atom stereocenters. The Hall–Kier alpha value is -4.04. The number of rotatable bonds is 4. The Balaban J connectivity index is 1.77. The van der Waals surface area contributed by atoms with Crippen molar-refractivity contribution in [1.82, 2.24) is 5.43 Å². The van der Waals surface area contributed by atoms with E-state index in [1.165, 1.54) is 0 Å². The van der Waals surface area contributed by atoms with Crippen LogP contribution in [0.5, 0.6) is 0 Å². The number of primary amides is 1. The molecule has 30 heavy (non-hydrogen) atoms. The van der Waals surface area contributed by atoms with Crippen LogP contribution in [0.3, 0.4) is 0 Å². The molecule has 0 saturated carbocycles. The van der Waals surface area contributed by atoms with Crippen LogP contribution in [0.15, 0.2) is 71.8 Å². The highest BCUT2D eigenvalue weighted by Gasteiger charge is 2.46. The van der Waals surface area contributed by atoms with E-state index in [1.54, 1.807) is 30.3 Å². The van der Waals surface area contributed by atoms with Gasteiger partial charge in [0.1, 0.15) is 0 Å². The summed E-state index contributed by atoms with van der Waals surface area (Å²) in [6.07, 6.45) is -0.229. The molecule has 5 N–H and O–H groups in total. The van der Waals surface area contributed by atoms with Gasteiger partial charge in [0.25, 0.3) is 5.91 Å². The van der Waals surface area contributed by atoms with Gasteiger partial charge in [-0.25, -0.2) is 5.43 Å². The molecule has 0 bridgehead atoms. The summed E-state index contributed by atoms with van der Waals surface area (Å²) in [6, 6.07) is 19.9. The topological polar surface area (TPSA) is 134 Å². The molecule has 0 aromatic heterocycles. The van der Waals surface area contributed by atoms with Crippen molar-refractivity contribution in [2.45, 2.75) is 12.0 Å². The second-order valence-electron chi connectivity index (χ2n) is 6.96. The van der Waals surface area contributed by atoms with Gasteiger partial charge in [-0.2, -0.15) is 5.10 Å². The van der Waals surface area contributed by atoms with Crippen LogP contribution >= 0.6 is 0 Å². The zero-order valence-corrected chi connectivity index (χ0v) is 15.8. The average molecular weight is 402 g/mol. The summed E-state index contributed by atoms with van der Waals surface area (Å²) >= 11 is 0. The maximum Gasteiger partial charge on any atom is 0.329 e. The zero-order valence-electron chi connectivity index (χ0n) is 15.8. The lowest BCUT2D eigenvalue weighted by Gasteiger charge is -2.22. The molecule has 8 nitrogen and oxygen atoms in total. The lowest BCUT2D eigenvalue weighted by atomic mass is 9.87. The number of aliphatic hydroxyl groups is 1. The van der Waals surface area contributed by atoms with Crippen LogP contribution in [0.4, 0.5) is 5.69 Å². The molecule has 0 saturated heterocycles. The number of nitrogens with one attached hydrogen (secondary N) is 2. The molecule has 0 aliphatic carbocycles. The Labute approximate surface area is 171 Å². The molecule has 1 aliphatic rings. The number of hydrazone groups is 1. The predicted molar refractivity (Wildman–Crippen MR) is 111 cm³/mol. The Morgan fingerprint density at radius 3 is 2.50 bits per heavy atom. The number of carbonyl (C=O) groups is 3. The van der Waals surface area contributed by atoms with Gasteiger partial charge in [-0.05, 0) is 28.5 Å². The Morgan fingerprint density at radius 1 is 1.03 bits per heavy atom. The number of para-hydroxylation sites is 1. The van der Waals surface area contributed by atoms with Crippen molar-refractivity contribution in [3.63, 3.8) is 0 Å². The van der Waals surface area contributed by atoms with Crippen LogP contribution in [-0.2, 0) is 20.0 Å². The second kappa shape index (κ2) is 7.41. The van der Waals surface area contributed by atoms with Gasteiger partial charge in [-0.3, -0.25) is 14.4 Å². The third-order valence-electron chi connectivity index (χ3n) is 5.02. The minimum absolute atomic E-state index is 0.213. The predicted octanol–water partition coefficient (Wildman–Crippen LogP) is 1.38. The van der Waals surface area contributed by atoms with Crippen molar-refractivity contribution in [2.75, 3.05) is 5.32 Å². The summed E-state index contributed by atoms with van der Waals surface area (Å²) in [5.74, 6) is -2.89. The van der Waals surface area contributed by atoms with Crippen LogP contribution in [0.1, 0.15) is 17.5 Å². The molecule has 1 heterocycles. The number of nitrogens with two attached hydrogens (primary N) is 1. The van der Waals surface area contributed by atoms with Crippen molar-refractivity contribution in [3.05, 3.63) is 77.9 Å². The molecular weight excluding hydrogens is 384 g/mol. The van der Waals surface area contributed by atoms with Crippen molar-refractivity contribution < 1.29 is 19.5 Å². The Kier molecular flexibility index (Phi) is 4.77. The standard InChI is InChI=1S/C22H18N4O4/c23-19(27)20(28)26-25-18(15-10-9-13-5-1-2-6-14(13)11-15)12-22(30)16-7-3-4-8-17(16)24-21(22)29/h1-11,30H,12H2,(H2,23,27)(H,24,29)(H,26,28)/b25-18-. The number of hydrogen-bond acceptors (Lipinski definition) is 5. The molecule has 1 aliphatic heterocycles. The van der Waals surface area contributed by atoms with E-state index in [1.807, 2.05) is 36.4 Å². The monoisotopic (exact) mass is 402 g/mol. The van der Waals surface area contributed by atoms with Crippen molar-refractivity contribution in [2.24, 2.45) is 10.8 Å². The number of amides is 3. The summed E-state index contributed by atoms with van der Waals surface area (Å²) < 4.78 is 0. The van der Waals surface area contributed by atoms with Crippen molar-refractivity contribution >= 4 is 39.9 Å². The molecule has 0 radical (unpaired) electrons. The highest BCUT2D eigenvalue weighted by molar-refractivity contribution is 6.34. The van der Waals surface area contributed by atoms with Gasteiger partial charge in [0.15, 0.2) is 5.60 Å². The van der Waals surface area contributed by atoms with E-state index in [9.17, 15) is 19.5 Å². The highest BCUT2D eigenvalue weighted by atomic mass is 16.3. The first-order valence-electron chi connectivity index (χ1n) is 9.17. The molecule has 0 fully saturated rings. The number of carbonyl (C=O) groups excluding carboxylic acids is 3. The van der Waals surface area contributed by atoms with Crippen molar-refractivity contribution in [3.8, 4) is 0 Å². The summed E-state index contributed by atoms with van der Waals surface area (Å²) in [5, 5.41) is 19.8. The largest absolute Gasteiger partial charge is 0.375 e. The molecule has 3 aromatic rings. The van der Waals surface area contributed by atoms with Gasteiger partial charge in [0.05, 0.1) is 5.71 Å². The van der Waals surface area contributed by atoms with E-state index in [4.69, 9.17) is 5.73 Å². The van der Waals surface area contributed by atoms with E-state index >= 15 is 0 Å². The first kappa shape index (κ1) is 19.3. The van der Waals surface area contributed by atoms with E-state index in [0.717, 1.165) is 10.8 Å². The number of anilines is 1. The number of hydrogen-bond donors (Lipinski definition) is 4. The number of fused-ring (bicyclic) bond motifs is 2. The van der Waals surface area contributed by atoms with Crippen LogP contribution in [0.25, 0.3) is 10.8 Å². The summed E-state index contributed by atoms with van der Waals surface area (Å²) in [5.41, 5.74) is 6.87. The average Bonchev–Trinajstić information content (AvgIpc) is 3.00. The summed E-state index contributed by atoms with van der Waals surface area (Å²) in [7, 11) is 0. The lowest BCUT2D eigenvalue weighted by molar-refractivity contribution is -0.137. The normalized spacial score (nSPS) is 18.0. The number of nitrogens with zero attached hydrogens (tertiary/aromatic N) is 1. The van der Waals surface area contributed by atoms with Crippen molar-refractivity contribution in [1.29, 1.82) is 0 Å². The molecule has 150 valence electrons. The molecule has 3 aromatic carbocycles. The fourth-order valence-electron chi connectivity index (χ4n) is 3.47. The van der Waals surface area contributed by atoms with Crippen LogP contribution < -0.4 is 16.5 Å². The molecular formula is C22H18N4O4. The molecule has 0 spiro atoms. The number of benzene rings is 3. The smallest absolute Gasteiger partial charge is 0.329 e. The van der Waals surface area contributed by atoms with E-state index in [-0.39, 0.29) is 12.1 Å². The summed E-state index contributed by atoms with van der Waals surface area (Å²) in [4.78, 5) is 35.3. The SMILES string of the molecule is NC(=O)C(=O)N/N=C(/CC1(O)C(=O)Nc2ccccc21)c1ccc2ccccc2c1. The quantitative estimate of drug-likeness (QED) is 0.298. The molecule has 8 heteroatoms. The molecule has 3 amide bonds. The van der Waals surface area contributed by atoms with Gasteiger partial charge < -0.3 is 16.2 Å². The van der Waals surface area contributed by atoms with Gasteiger partial charge in [-0.1, -0.05) is 54.6 Å². The van der Waals surface area contributed by atoms with Crippen LogP contribution in [0.2, 0.25) is 0 Å². The van der Waals surface area contributed by atoms with E-state index in [2.05, 4.69) is 15.8 Å². The van der Waals surface area contributed by atoms with Crippen LogP contribution in [0, 0.1) is 0 Å². The fourth-order valence-corrected chi connectivity index (χ4v) is 3.47. The van der Waals surface area contributed by atoms with E-state index in [0.29, 0.717) is 16.8 Å². The maximum atomic E-state index is 12.6. The van der Waals surface area contributed by atoms with Crippen LogP contribution in [-0.4, -0.2) is 28.5 Å². The minimum atomic E-state index is -1.89. The zero-order chi connectivity index (χ0) is 21.3. The highest BCUT2D eigenvalue weighted by Crippen LogP contribution is 2.39. The third kappa shape index (κ3) is 3.40. The van der Waals surface area contributed by atoms with Gasteiger partial charge in [0.2, 0.25) is 0 Å². The fraction of sp³-hybridized carbons (Fsp3) is 0.0909. The van der Waals surface area contributed by atoms with Gasteiger partial charge in [-0.15, -0.1) is 0 Å². The summed E-state index contributed by atoms with van der Waals surface area (Å²) in [6.45, 7) is 0. The molecule has 1 unspecified atom stereocenters.